The highest BCUT2D eigenvalue weighted by Gasteiger charge is 2.20. The third-order valence-electron chi connectivity index (χ3n) is 2.97. The number of halogens is 5. The molecular weight excluding hydrogens is 354 g/mol. The van der Waals surface area contributed by atoms with Crippen molar-refractivity contribution in [3.8, 4) is 5.69 Å². The smallest absolute Gasteiger partial charge is 0.206 e. The molecule has 1 aromatic heterocycles. The Bertz CT molecular complexity index is 876. The van der Waals surface area contributed by atoms with Gasteiger partial charge >= 0.3 is 0 Å². The first-order chi connectivity index (χ1) is 9.90. The van der Waals surface area contributed by atoms with Crippen LogP contribution in [0.4, 0.5) is 23.5 Å². The summed E-state index contributed by atoms with van der Waals surface area (Å²) in [7, 11) is 0. The number of fused-ring (bicyclic) bond motifs is 1. The van der Waals surface area contributed by atoms with Gasteiger partial charge in [-0.3, -0.25) is 4.57 Å². The Morgan fingerprint density at radius 3 is 2.43 bits per heavy atom. The summed E-state index contributed by atoms with van der Waals surface area (Å²) in [5.74, 6) is -4.38. The molecule has 8 heteroatoms. The fraction of sp³-hybridized carbons (Fsp3) is 0. The molecule has 0 unspecified atom stereocenters. The Hall–Kier alpha value is -2.09. The van der Waals surface area contributed by atoms with Crippen molar-refractivity contribution in [2.24, 2.45) is 0 Å². The molecule has 2 aromatic carbocycles. The van der Waals surface area contributed by atoms with E-state index in [4.69, 9.17) is 5.73 Å². The van der Waals surface area contributed by atoms with E-state index in [-0.39, 0.29) is 27.1 Å². The van der Waals surface area contributed by atoms with E-state index in [2.05, 4.69) is 20.9 Å². The van der Waals surface area contributed by atoms with E-state index in [9.17, 15) is 17.6 Å². The summed E-state index contributed by atoms with van der Waals surface area (Å²) in [5.41, 5.74) is 5.15. The highest BCUT2D eigenvalue weighted by atomic mass is 79.9. The number of benzene rings is 2. The van der Waals surface area contributed by atoms with Crippen molar-refractivity contribution in [1.82, 2.24) is 9.55 Å². The van der Waals surface area contributed by atoms with Gasteiger partial charge in [0.2, 0.25) is 5.95 Å². The van der Waals surface area contributed by atoms with Crippen LogP contribution < -0.4 is 5.73 Å². The van der Waals surface area contributed by atoms with Gasteiger partial charge in [0.1, 0.15) is 17.2 Å². The zero-order valence-electron chi connectivity index (χ0n) is 10.2. The fourth-order valence-electron chi connectivity index (χ4n) is 2.05. The van der Waals surface area contributed by atoms with Crippen LogP contribution in [0, 0.1) is 23.3 Å². The lowest BCUT2D eigenvalue weighted by atomic mass is 10.2. The molecule has 0 saturated heterocycles. The van der Waals surface area contributed by atoms with Crippen molar-refractivity contribution in [3.05, 3.63) is 52.0 Å². The van der Waals surface area contributed by atoms with Gasteiger partial charge in [-0.1, -0.05) is 0 Å². The number of nitrogen functional groups attached to an aromatic ring is 1. The van der Waals surface area contributed by atoms with Gasteiger partial charge in [0, 0.05) is 6.07 Å². The molecule has 0 aliphatic rings. The number of imidazole rings is 1. The molecule has 108 valence electrons. The van der Waals surface area contributed by atoms with Gasteiger partial charge in [-0.05, 0) is 34.1 Å². The summed E-state index contributed by atoms with van der Waals surface area (Å²) < 4.78 is 55.4. The maximum Gasteiger partial charge on any atom is 0.206 e. The monoisotopic (exact) mass is 359 g/mol. The van der Waals surface area contributed by atoms with Gasteiger partial charge in [0.25, 0.3) is 0 Å². The minimum Gasteiger partial charge on any atom is -0.369 e. The van der Waals surface area contributed by atoms with Crippen molar-refractivity contribution in [2.75, 3.05) is 5.73 Å². The third kappa shape index (κ3) is 2.06. The molecule has 0 aliphatic carbocycles. The van der Waals surface area contributed by atoms with E-state index in [0.717, 1.165) is 16.7 Å². The first-order valence-electron chi connectivity index (χ1n) is 5.67. The molecule has 0 bridgehead atoms. The Kier molecular flexibility index (Phi) is 3.12. The normalized spacial score (nSPS) is 11.3. The fourth-order valence-corrected chi connectivity index (χ4v) is 2.38. The zero-order chi connectivity index (χ0) is 15.3. The van der Waals surface area contributed by atoms with Gasteiger partial charge in [0.15, 0.2) is 11.6 Å². The highest BCUT2D eigenvalue weighted by Crippen LogP contribution is 2.30. The second-order valence-electron chi connectivity index (χ2n) is 4.25. The number of rotatable bonds is 1. The van der Waals surface area contributed by atoms with Crippen LogP contribution in [0.2, 0.25) is 0 Å². The summed E-state index contributed by atoms with van der Waals surface area (Å²) in [6.07, 6.45) is 0. The Balaban J connectivity index is 2.43. The van der Waals surface area contributed by atoms with Crippen molar-refractivity contribution in [1.29, 1.82) is 0 Å². The van der Waals surface area contributed by atoms with Crippen LogP contribution in [0.5, 0.6) is 0 Å². The SMILES string of the molecule is Nc1nc2ccc(F)c(F)c2n1-c1cc(Br)c(F)cc1F. The quantitative estimate of drug-likeness (QED) is 0.528. The molecule has 3 rings (SSSR count). The van der Waals surface area contributed by atoms with Gasteiger partial charge in [-0.2, -0.15) is 0 Å². The summed E-state index contributed by atoms with van der Waals surface area (Å²) >= 11 is 2.90. The Morgan fingerprint density at radius 2 is 1.71 bits per heavy atom. The zero-order valence-corrected chi connectivity index (χ0v) is 11.8. The molecule has 0 atom stereocenters. The van der Waals surface area contributed by atoms with Gasteiger partial charge < -0.3 is 5.73 Å². The second kappa shape index (κ2) is 4.73. The molecule has 0 spiro atoms. The van der Waals surface area contributed by atoms with Crippen LogP contribution in [0.1, 0.15) is 0 Å². The molecule has 21 heavy (non-hydrogen) atoms. The second-order valence-corrected chi connectivity index (χ2v) is 5.11. The predicted octanol–water partition coefficient (Wildman–Crippen LogP) is 3.93. The number of aromatic nitrogens is 2. The van der Waals surface area contributed by atoms with Gasteiger partial charge in [-0.25, -0.2) is 22.5 Å². The van der Waals surface area contributed by atoms with Crippen molar-refractivity contribution < 1.29 is 17.6 Å². The first kappa shape index (κ1) is 13.9. The number of hydrogen-bond donors (Lipinski definition) is 1. The molecule has 0 radical (unpaired) electrons. The van der Waals surface area contributed by atoms with Crippen LogP contribution in [0.3, 0.4) is 0 Å². The van der Waals surface area contributed by atoms with Crippen LogP contribution in [-0.2, 0) is 0 Å². The van der Waals surface area contributed by atoms with E-state index in [1.165, 1.54) is 6.07 Å². The summed E-state index contributed by atoms with van der Waals surface area (Å²) in [5, 5.41) is 0. The molecule has 0 amide bonds. The maximum absolute atomic E-state index is 14.0. The van der Waals surface area contributed by atoms with E-state index < -0.39 is 23.3 Å². The van der Waals surface area contributed by atoms with Crippen LogP contribution in [0.15, 0.2) is 28.7 Å². The Labute approximate surface area is 124 Å². The van der Waals surface area contributed by atoms with E-state index >= 15 is 0 Å². The summed E-state index contributed by atoms with van der Waals surface area (Å²) in [6, 6.07) is 3.80. The van der Waals surface area contributed by atoms with Crippen LogP contribution in [0.25, 0.3) is 16.7 Å². The largest absolute Gasteiger partial charge is 0.369 e. The molecule has 0 fully saturated rings. The molecule has 0 aliphatic heterocycles. The lowest BCUT2D eigenvalue weighted by Crippen LogP contribution is -2.05. The van der Waals surface area contributed by atoms with E-state index in [1.54, 1.807) is 0 Å². The van der Waals surface area contributed by atoms with Crippen LogP contribution in [-0.4, -0.2) is 9.55 Å². The summed E-state index contributed by atoms with van der Waals surface area (Å²) in [6.45, 7) is 0. The molecular formula is C13H6BrF4N3. The van der Waals surface area contributed by atoms with E-state index in [1.807, 2.05) is 0 Å². The van der Waals surface area contributed by atoms with Crippen molar-refractivity contribution in [3.63, 3.8) is 0 Å². The average molecular weight is 360 g/mol. The average Bonchev–Trinajstić information content (AvgIpc) is 2.75. The standard InChI is InChI=1S/C13H6BrF4N3/c14-5-3-10(8(17)4-7(5)16)21-12-9(20-13(21)19)2-1-6(15)11(12)18/h1-4H,(H2,19,20). The lowest BCUT2D eigenvalue weighted by molar-refractivity contribution is 0.514. The molecule has 2 N–H and O–H groups in total. The molecule has 3 nitrogen and oxygen atoms in total. The lowest BCUT2D eigenvalue weighted by Gasteiger charge is -2.09. The molecule has 3 aromatic rings. The van der Waals surface area contributed by atoms with Crippen LogP contribution >= 0.6 is 15.9 Å². The third-order valence-corrected chi connectivity index (χ3v) is 3.57. The molecule has 1 heterocycles. The number of nitrogens with zero attached hydrogens (tertiary/aromatic N) is 2. The predicted molar refractivity (Wildman–Crippen MR) is 73.0 cm³/mol. The number of anilines is 1. The van der Waals surface area contributed by atoms with Gasteiger partial charge in [0.05, 0.1) is 15.7 Å². The van der Waals surface area contributed by atoms with Gasteiger partial charge in [-0.15, -0.1) is 0 Å². The van der Waals surface area contributed by atoms with E-state index in [0.29, 0.717) is 6.07 Å². The number of nitrogens with two attached hydrogens (primary N) is 1. The van der Waals surface area contributed by atoms with Crippen molar-refractivity contribution >= 4 is 32.9 Å². The minimum atomic E-state index is -1.21. The first-order valence-corrected chi connectivity index (χ1v) is 6.46. The Morgan fingerprint density at radius 1 is 1.00 bits per heavy atom. The highest BCUT2D eigenvalue weighted by molar-refractivity contribution is 9.10. The topological polar surface area (TPSA) is 43.8 Å². The summed E-state index contributed by atoms with van der Waals surface area (Å²) in [4.78, 5) is 3.84. The van der Waals surface area contributed by atoms with Crippen molar-refractivity contribution in [2.45, 2.75) is 0 Å². The maximum atomic E-state index is 14.0. The molecule has 0 saturated carbocycles. The minimum absolute atomic E-state index is 0.0445. The number of hydrogen-bond acceptors (Lipinski definition) is 2.